The molecule has 0 saturated carbocycles. The van der Waals surface area contributed by atoms with Crippen LogP contribution in [-0.2, 0) is 21.4 Å². The number of amides is 1. The van der Waals surface area contributed by atoms with E-state index in [-0.39, 0.29) is 18.4 Å². The lowest BCUT2D eigenvalue weighted by atomic mass is 9.99. The Kier molecular flexibility index (Phi) is 6.56. The van der Waals surface area contributed by atoms with Gasteiger partial charge in [-0.3, -0.25) is 4.79 Å². The van der Waals surface area contributed by atoms with E-state index in [4.69, 9.17) is 4.74 Å². The molecule has 1 atom stereocenters. The number of nitrogens with zero attached hydrogens (tertiary/aromatic N) is 1. The molecule has 0 aliphatic carbocycles. The number of hydrogen-bond acceptors (Lipinski definition) is 5. The molecule has 1 N–H and O–H groups in total. The Hall–Kier alpha value is -1.42. The quantitative estimate of drug-likeness (QED) is 0.699. The Morgan fingerprint density at radius 1 is 1.37 bits per heavy atom. The largest absolute Gasteiger partial charge is 0.497 e. The predicted octanol–water partition coefficient (Wildman–Crippen LogP) is 3.24. The van der Waals surface area contributed by atoms with Crippen LogP contribution in [0.25, 0.3) is 0 Å². The van der Waals surface area contributed by atoms with Gasteiger partial charge in [0.15, 0.2) is 0 Å². The summed E-state index contributed by atoms with van der Waals surface area (Å²) >= 11 is 4.48. The Labute approximate surface area is 171 Å². The molecule has 1 aliphatic heterocycles. The summed E-state index contributed by atoms with van der Waals surface area (Å²) in [5.74, 6) is 0.270. The van der Waals surface area contributed by atoms with Gasteiger partial charge in [0, 0.05) is 19.6 Å². The molecule has 1 amide bonds. The van der Waals surface area contributed by atoms with Gasteiger partial charge < -0.3 is 10.1 Å². The Morgan fingerprint density at radius 3 is 2.89 bits per heavy atom. The molecular weight excluding hydrogens is 452 g/mol. The van der Waals surface area contributed by atoms with Crippen molar-refractivity contribution in [1.82, 2.24) is 9.62 Å². The van der Waals surface area contributed by atoms with Gasteiger partial charge in [0.05, 0.1) is 16.8 Å². The summed E-state index contributed by atoms with van der Waals surface area (Å²) < 4.78 is 33.3. The number of thiophene rings is 1. The van der Waals surface area contributed by atoms with Crippen LogP contribution in [-0.4, -0.2) is 38.8 Å². The van der Waals surface area contributed by atoms with Gasteiger partial charge in [-0.15, -0.1) is 11.3 Å². The van der Waals surface area contributed by atoms with E-state index >= 15 is 0 Å². The number of nitrogens with one attached hydrogen (secondary N) is 1. The number of ether oxygens (including phenoxy) is 1. The average molecular weight is 473 g/mol. The average Bonchev–Trinajstić information content (AvgIpc) is 3.13. The zero-order chi connectivity index (χ0) is 19.4. The number of carbonyl (C=O) groups is 1. The number of hydrogen-bond donors (Lipinski definition) is 1. The smallest absolute Gasteiger partial charge is 0.252 e. The summed E-state index contributed by atoms with van der Waals surface area (Å²) in [4.78, 5) is 12.6. The topological polar surface area (TPSA) is 75.7 Å². The lowest BCUT2D eigenvalue weighted by Gasteiger charge is -2.30. The van der Waals surface area contributed by atoms with Crippen molar-refractivity contribution in [3.8, 4) is 5.75 Å². The first-order valence-electron chi connectivity index (χ1n) is 8.56. The summed E-state index contributed by atoms with van der Waals surface area (Å²) in [5.41, 5.74) is 0.937. The number of rotatable bonds is 6. The van der Waals surface area contributed by atoms with Gasteiger partial charge in [-0.05, 0) is 58.6 Å². The fourth-order valence-electron chi connectivity index (χ4n) is 3.05. The van der Waals surface area contributed by atoms with Crippen LogP contribution in [0.1, 0.15) is 18.4 Å². The monoisotopic (exact) mass is 472 g/mol. The molecule has 2 aromatic rings. The van der Waals surface area contributed by atoms with Gasteiger partial charge in [0.25, 0.3) is 10.0 Å². The molecule has 1 saturated heterocycles. The van der Waals surface area contributed by atoms with E-state index in [1.807, 2.05) is 24.3 Å². The first-order valence-corrected chi connectivity index (χ1v) is 11.6. The molecule has 27 heavy (non-hydrogen) atoms. The third-order valence-electron chi connectivity index (χ3n) is 4.50. The van der Waals surface area contributed by atoms with Crippen molar-refractivity contribution in [2.24, 2.45) is 5.92 Å². The fraction of sp³-hybridized carbons (Fsp3) is 0.389. The van der Waals surface area contributed by atoms with Crippen molar-refractivity contribution in [2.45, 2.75) is 23.6 Å². The normalized spacial score (nSPS) is 18.2. The summed E-state index contributed by atoms with van der Waals surface area (Å²) in [5, 5.41) is 2.91. The molecule has 1 aromatic carbocycles. The molecule has 1 aliphatic rings. The second-order valence-corrected chi connectivity index (χ2v) is 11.0. The number of sulfonamides is 1. The lowest BCUT2D eigenvalue weighted by Crippen LogP contribution is -2.45. The summed E-state index contributed by atoms with van der Waals surface area (Å²) in [6.07, 6.45) is 1.35. The number of benzene rings is 1. The van der Waals surface area contributed by atoms with Crippen molar-refractivity contribution in [3.63, 3.8) is 0 Å². The molecule has 6 nitrogen and oxygen atoms in total. The number of carbonyl (C=O) groups excluding carboxylic acids is 1. The van der Waals surface area contributed by atoms with Crippen LogP contribution in [0.3, 0.4) is 0 Å². The minimum absolute atomic E-state index is 0.120. The van der Waals surface area contributed by atoms with Crippen LogP contribution < -0.4 is 10.1 Å². The molecular formula is C18H21BrN2O4S2. The first kappa shape index (κ1) is 20.3. The van der Waals surface area contributed by atoms with Gasteiger partial charge in [-0.2, -0.15) is 4.31 Å². The van der Waals surface area contributed by atoms with E-state index in [0.717, 1.165) is 15.1 Å². The molecule has 1 aromatic heterocycles. The second kappa shape index (κ2) is 8.72. The minimum Gasteiger partial charge on any atom is -0.497 e. The van der Waals surface area contributed by atoms with Crippen molar-refractivity contribution in [1.29, 1.82) is 0 Å². The number of piperidine rings is 1. The van der Waals surface area contributed by atoms with Crippen LogP contribution in [0.4, 0.5) is 0 Å². The van der Waals surface area contributed by atoms with Crippen molar-refractivity contribution >= 4 is 43.2 Å². The molecule has 0 radical (unpaired) electrons. The molecule has 1 fully saturated rings. The third-order valence-corrected chi connectivity index (χ3v) is 8.45. The zero-order valence-corrected chi connectivity index (χ0v) is 18.1. The van der Waals surface area contributed by atoms with Gasteiger partial charge >= 0.3 is 0 Å². The van der Waals surface area contributed by atoms with Crippen molar-refractivity contribution < 1.29 is 17.9 Å². The van der Waals surface area contributed by atoms with Gasteiger partial charge in [0.2, 0.25) is 5.91 Å². The number of halogens is 1. The highest BCUT2D eigenvalue weighted by Crippen LogP contribution is 2.30. The van der Waals surface area contributed by atoms with E-state index < -0.39 is 10.0 Å². The molecule has 0 spiro atoms. The lowest BCUT2D eigenvalue weighted by molar-refractivity contribution is -0.126. The highest BCUT2D eigenvalue weighted by molar-refractivity contribution is 9.11. The summed E-state index contributed by atoms with van der Waals surface area (Å²) in [6.45, 7) is 1.04. The summed E-state index contributed by atoms with van der Waals surface area (Å²) in [6, 6.07) is 10.8. The van der Waals surface area contributed by atoms with Gasteiger partial charge in [0.1, 0.15) is 9.96 Å². The predicted molar refractivity (Wildman–Crippen MR) is 108 cm³/mol. The molecule has 1 unspecified atom stereocenters. The molecule has 0 bridgehead atoms. The third kappa shape index (κ3) is 4.90. The Balaban J connectivity index is 1.62. The molecule has 146 valence electrons. The van der Waals surface area contributed by atoms with E-state index in [0.29, 0.717) is 30.1 Å². The zero-order valence-electron chi connectivity index (χ0n) is 14.9. The van der Waals surface area contributed by atoms with Crippen molar-refractivity contribution in [2.75, 3.05) is 20.2 Å². The summed E-state index contributed by atoms with van der Waals surface area (Å²) in [7, 11) is -1.96. The van der Waals surface area contributed by atoms with Crippen LogP contribution in [0.5, 0.6) is 5.75 Å². The first-order chi connectivity index (χ1) is 12.9. The van der Waals surface area contributed by atoms with E-state index in [9.17, 15) is 13.2 Å². The molecule has 3 rings (SSSR count). The minimum atomic E-state index is -3.56. The molecule has 2 heterocycles. The second-order valence-electron chi connectivity index (χ2n) is 6.33. The maximum Gasteiger partial charge on any atom is 0.252 e. The highest BCUT2D eigenvalue weighted by atomic mass is 79.9. The van der Waals surface area contributed by atoms with Crippen LogP contribution in [0.15, 0.2) is 44.4 Å². The Morgan fingerprint density at radius 2 is 2.19 bits per heavy atom. The Bertz CT molecular complexity index is 914. The van der Waals surface area contributed by atoms with Crippen LogP contribution in [0.2, 0.25) is 0 Å². The van der Waals surface area contributed by atoms with E-state index in [1.54, 1.807) is 19.2 Å². The van der Waals surface area contributed by atoms with Crippen LogP contribution in [0, 0.1) is 5.92 Å². The standard InChI is InChI=1S/C18H21BrN2O4S2/c1-25-15-6-2-4-13(10-15)11-20-18(22)14-5-3-9-21(12-14)27(23,24)17-8-7-16(19)26-17/h2,4,6-8,10,14H,3,5,9,11-12H2,1H3,(H,20,22). The van der Waals surface area contributed by atoms with E-state index in [1.165, 1.54) is 15.6 Å². The highest BCUT2D eigenvalue weighted by Gasteiger charge is 2.34. The maximum atomic E-state index is 12.8. The molecule has 9 heteroatoms. The maximum absolute atomic E-state index is 12.8. The van der Waals surface area contributed by atoms with Crippen LogP contribution >= 0.6 is 27.3 Å². The van der Waals surface area contributed by atoms with Gasteiger partial charge in [-0.25, -0.2) is 8.42 Å². The fourth-order valence-corrected chi connectivity index (χ4v) is 6.74. The van der Waals surface area contributed by atoms with Crippen molar-refractivity contribution in [3.05, 3.63) is 45.7 Å². The van der Waals surface area contributed by atoms with E-state index in [2.05, 4.69) is 21.2 Å². The SMILES string of the molecule is COc1cccc(CNC(=O)C2CCCN(S(=O)(=O)c3ccc(Br)s3)C2)c1. The number of methoxy groups -OCH3 is 1. The van der Waals surface area contributed by atoms with Gasteiger partial charge in [-0.1, -0.05) is 12.1 Å².